The fourth-order valence-corrected chi connectivity index (χ4v) is 7.10. The molecule has 214 valence electrons. The molecule has 2 heterocycles. The third-order valence-electron chi connectivity index (χ3n) is 9.42. The van der Waals surface area contributed by atoms with E-state index in [0.717, 1.165) is 44.3 Å². The molecule has 0 spiro atoms. The molecule has 2 heteroatoms. The quantitative estimate of drug-likeness (QED) is 0.195. The van der Waals surface area contributed by atoms with E-state index in [1.54, 1.807) is 0 Å². The molecular formula is C43H31NO. The number of rotatable bonds is 3. The molecule has 0 saturated carbocycles. The molecule has 0 aliphatic heterocycles. The summed E-state index contributed by atoms with van der Waals surface area (Å²) in [6.07, 6.45) is 1.99. The Labute approximate surface area is 261 Å². The summed E-state index contributed by atoms with van der Waals surface area (Å²) < 4.78 is 6.34. The number of aromatic nitrogens is 1. The van der Waals surface area contributed by atoms with Crippen molar-refractivity contribution in [3.05, 3.63) is 139 Å². The molecule has 0 unspecified atom stereocenters. The van der Waals surface area contributed by atoms with Gasteiger partial charge in [0.25, 0.3) is 0 Å². The zero-order valence-corrected chi connectivity index (χ0v) is 25.6. The summed E-state index contributed by atoms with van der Waals surface area (Å²) in [7, 11) is 0. The monoisotopic (exact) mass is 577 g/mol. The number of furan rings is 1. The van der Waals surface area contributed by atoms with E-state index in [4.69, 9.17) is 9.40 Å². The van der Waals surface area contributed by atoms with E-state index >= 15 is 0 Å². The molecule has 0 aliphatic carbocycles. The molecule has 0 fully saturated rings. The van der Waals surface area contributed by atoms with Crippen LogP contribution in [0.15, 0.2) is 138 Å². The molecular weight excluding hydrogens is 546 g/mol. The summed E-state index contributed by atoms with van der Waals surface area (Å²) in [6, 6.07) is 46.0. The molecule has 2 aromatic heterocycles. The first-order valence-corrected chi connectivity index (χ1v) is 15.6. The molecule has 0 N–H and O–H groups in total. The van der Waals surface area contributed by atoms with Crippen molar-refractivity contribution in [2.45, 2.75) is 26.2 Å². The van der Waals surface area contributed by atoms with Crippen LogP contribution >= 0.6 is 0 Å². The van der Waals surface area contributed by atoms with Gasteiger partial charge in [0, 0.05) is 33.7 Å². The van der Waals surface area contributed by atoms with Crippen LogP contribution in [0.4, 0.5) is 0 Å². The standard InChI is InChI=1S/C43H31NO/c1-43(2,3)30-22-27-16-19-33-36(26-10-5-4-6-11-26)24-37(34-20-17-28(23-30)40(27)41(33)34)38-21-18-29(25-44-38)31-13-9-14-35-32-12-7-8-15-39(32)45-42(31)35/h4-25H,1-3H3. The molecule has 0 saturated heterocycles. The van der Waals surface area contributed by atoms with E-state index in [2.05, 4.69) is 136 Å². The summed E-state index contributed by atoms with van der Waals surface area (Å²) in [5.74, 6) is 0. The third-order valence-corrected chi connectivity index (χ3v) is 9.42. The van der Waals surface area contributed by atoms with Crippen LogP contribution in [-0.2, 0) is 5.41 Å². The van der Waals surface area contributed by atoms with Crippen molar-refractivity contribution < 1.29 is 4.42 Å². The molecule has 0 atom stereocenters. The highest BCUT2D eigenvalue weighted by molar-refractivity contribution is 6.28. The van der Waals surface area contributed by atoms with Gasteiger partial charge in [0.15, 0.2) is 0 Å². The van der Waals surface area contributed by atoms with Gasteiger partial charge in [-0.05, 0) is 72.6 Å². The molecule has 0 radical (unpaired) electrons. The van der Waals surface area contributed by atoms with Gasteiger partial charge in [-0.2, -0.15) is 0 Å². The first kappa shape index (κ1) is 26.0. The lowest BCUT2D eigenvalue weighted by Crippen LogP contribution is -2.10. The van der Waals surface area contributed by atoms with Crippen molar-refractivity contribution in [1.29, 1.82) is 0 Å². The molecule has 0 aliphatic rings. The van der Waals surface area contributed by atoms with E-state index in [1.165, 1.54) is 49.0 Å². The Bertz CT molecular complexity index is 2530. The van der Waals surface area contributed by atoms with Crippen LogP contribution in [0.25, 0.3) is 87.8 Å². The molecule has 0 bridgehead atoms. The summed E-state index contributed by atoms with van der Waals surface area (Å²) in [4.78, 5) is 5.11. The Hall–Kier alpha value is -5.47. The normalized spacial score (nSPS) is 12.3. The Kier molecular flexibility index (Phi) is 5.49. The van der Waals surface area contributed by atoms with Gasteiger partial charge in [0.1, 0.15) is 11.2 Å². The zero-order chi connectivity index (χ0) is 30.3. The van der Waals surface area contributed by atoms with Crippen LogP contribution in [0.5, 0.6) is 0 Å². The fraction of sp³-hybridized carbons (Fsp3) is 0.0930. The summed E-state index contributed by atoms with van der Waals surface area (Å²) in [5.41, 5.74) is 9.86. The number of benzene rings is 7. The van der Waals surface area contributed by atoms with Gasteiger partial charge in [-0.1, -0.05) is 130 Å². The topological polar surface area (TPSA) is 26.0 Å². The van der Waals surface area contributed by atoms with E-state index in [9.17, 15) is 0 Å². The molecule has 9 rings (SSSR count). The predicted molar refractivity (Wildman–Crippen MR) is 190 cm³/mol. The SMILES string of the molecule is CC(C)(C)c1cc2ccc3c(-c4ccccc4)cc(-c4ccc(-c5cccc6c5oc5ccccc56)cn4)c4ccc(c1)c2c34. The lowest BCUT2D eigenvalue weighted by atomic mass is 9.82. The first-order chi connectivity index (χ1) is 21.9. The zero-order valence-electron chi connectivity index (χ0n) is 25.6. The Morgan fingerprint density at radius 1 is 0.511 bits per heavy atom. The minimum atomic E-state index is 0.0726. The summed E-state index contributed by atoms with van der Waals surface area (Å²) >= 11 is 0. The van der Waals surface area contributed by atoms with E-state index in [-0.39, 0.29) is 5.41 Å². The Morgan fingerprint density at radius 2 is 1.22 bits per heavy atom. The third kappa shape index (κ3) is 3.99. The van der Waals surface area contributed by atoms with Crippen molar-refractivity contribution in [2.24, 2.45) is 0 Å². The van der Waals surface area contributed by atoms with Crippen LogP contribution in [-0.4, -0.2) is 4.98 Å². The second kappa shape index (κ2) is 9.51. The highest BCUT2D eigenvalue weighted by atomic mass is 16.3. The molecule has 9 aromatic rings. The van der Waals surface area contributed by atoms with Crippen LogP contribution in [0, 0.1) is 0 Å². The van der Waals surface area contributed by atoms with Crippen LogP contribution in [0.1, 0.15) is 26.3 Å². The van der Waals surface area contributed by atoms with Crippen molar-refractivity contribution in [1.82, 2.24) is 4.98 Å². The van der Waals surface area contributed by atoms with Crippen molar-refractivity contribution in [2.75, 3.05) is 0 Å². The van der Waals surface area contributed by atoms with Crippen molar-refractivity contribution in [3.63, 3.8) is 0 Å². The maximum atomic E-state index is 6.34. The van der Waals surface area contributed by atoms with Crippen LogP contribution in [0.3, 0.4) is 0 Å². The van der Waals surface area contributed by atoms with E-state index in [0.29, 0.717) is 0 Å². The molecule has 45 heavy (non-hydrogen) atoms. The average molecular weight is 578 g/mol. The van der Waals surface area contributed by atoms with Gasteiger partial charge >= 0.3 is 0 Å². The van der Waals surface area contributed by atoms with E-state index < -0.39 is 0 Å². The minimum Gasteiger partial charge on any atom is -0.455 e. The van der Waals surface area contributed by atoms with Crippen molar-refractivity contribution >= 4 is 54.3 Å². The highest BCUT2D eigenvalue weighted by Gasteiger charge is 2.21. The van der Waals surface area contributed by atoms with Gasteiger partial charge in [0.05, 0.1) is 5.69 Å². The maximum absolute atomic E-state index is 6.34. The average Bonchev–Trinajstić information content (AvgIpc) is 3.46. The second-order valence-electron chi connectivity index (χ2n) is 13.2. The number of pyridine rings is 1. The molecule has 7 aromatic carbocycles. The molecule has 2 nitrogen and oxygen atoms in total. The fourth-order valence-electron chi connectivity index (χ4n) is 7.10. The van der Waals surface area contributed by atoms with E-state index in [1.807, 2.05) is 18.3 Å². The van der Waals surface area contributed by atoms with Gasteiger partial charge < -0.3 is 4.42 Å². The number of hydrogen-bond donors (Lipinski definition) is 0. The van der Waals surface area contributed by atoms with Crippen molar-refractivity contribution in [3.8, 4) is 33.5 Å². The van der Waals surface area contributed by atoms with Gasteiger partial charge in [-0.25, -0.2) is 0 Å². The highest BCUT2D eigenvalue weighted by Crippen LogP contribution is 2.45. The molecule has 0 amide bonds. The van der Waals surface area contributed by atoms with Crippen LogP contribution in [0.2, 0.25) is 0 Å². The number of hydrogen-bond acceptors (Lipinski definition) is 2. The number of para-hydroxylation sites is 2. The Balaban J connectivity index is 1.27. The Morgan fingerprint density at radius 3 is 1.96 bits per heavy atom. The number of fused-ring (bicyclic) bond motifs is 3. The second-order valence-corrected chi connectivity index (χ2v) is 13.2. The lowest BCUT2D eigenvalue weighted by molar-refractivity contribution is 0.591. The lowest BCUT2D eigenvalue weighted by Gasteiger charge is -2.22. The largest absolute Gasteiger partial charge is 0.455 e. The number of nitrogens with zero attached hydrogens (tertiary/aromatic N) is 1. The van der Waals surface area contributed by atoms with Gasteiger partial charge in [-0.15, -0.1) is 0 Å². The van der Waals surface area contributed by atoms with Gasteiger partial charge in [-0.3, -0.25) is 4.98 Å². The first-order valence-electron chi connectivity index (χ1n) is 15.6. The summed E-state index contributed by atoms with van der Waals surface area (Å²) in [5, 5.41) is 9.96. The summed E-state index contributed by atoms with van der Waals surface area (Å²) in [6.45, 7) is 6.86. The van der Waals surface area contributed by atoms with Crippen LogP contribution < -0.4 is 0 Å². The maximum Gasteiger partial charge on any atom is 0.143 e. The minimum absolute atomic E-state index is 0.0726. The predicted octanol–water partition coefficient (Wildman–Crippen LogP) is 12.2. The smallest absolute Gasteiger partial charge is 0.143 e. The van der Waals surface area contributed by atoms with Gasteiger partial charge in [0.2, 0.25) is 0 Å².